The van der Waals surface area contributed by atoms with Crippen molar-refractivity contribution in [1.82, 2.24) is 19.6 Å². The average molecular weight is 461 g/mol. The van der Waals surface area contributed by atoms with Gasteiger partial charge >= 0.3 is 6.03 Å². The largest absolute Gasteiger partial charge is 0.322 e. The Morgan fingerprint density at radius 3 is 2.53 bits per heavy atom. The lowest BCUT2D eigenvalue weighted by molar-refractivity contribution is -0.121. The van der Waals surface area contributed by atoms with Crippen LogP contribution in [0.15, 0.2) is 24.3 Å². The van der Waals surface area contributed by atoms with Crippen molar-refractivity contribution >= 4 is 35.0 Å². The summed E-state index contributed by atoms with van der Waals surface area (Å²) < 4.78 is 15.1. The highest BCUT2D eigenvalue weighted by Gasteiger charge is 2.34. The fraction of sp³-hybridized carbons (Fsp3) is 0.500. The van der Waals surface area contributed by atoms with E-state index >= 15 is 0 Å². The van der Waals surface area contributed by atoms with Crippen LogP contribution in [0.1, 0.15) is 31.4 Å². The molecule has 2 N–H and O–H groups in total. The van der Waals surface area contributed by atoms with Gasteiger partial charge in [-0.2, -0.15) is 5.10 Å². The van der Waals surface area contributed by atoms with Crippen LogP contribution in [-0.2, 0) is 17.9 Å². The number of hydrogen-bond donors (Lipinski definition) is 2. The summed E-state index contributed by atoms with van der Waals surface area (Å²) in [5.41, 5.74) is 1.28. The summed E-state index contributed by atoms with van der Waals surface area (Å²) in [6.45, 7) is 3.35. The maximum Gasteiger partial charge on any atom is 0.322 e. The number of nitrogens with one attached hydrogen (secondary N) is 2. The maximum atomic E-state index is 13.3. The van der Waals surface area contributed by atoms with Crippen LogP contribution in [0.5, 0.6) is 0 Å². The van der Waals surface area contributed by atoms with Gasteiger partial charge in [0.05, 0.1) is 23.8 Å². The second-order valence-corrected chi connectivity index (χ2v) is 9.16. The van der Waals surface area contributed by atoms with Crippen molar-refractivity contribution in [3.63, 3.8) is 0 Å². The number of halogens is 2. The van der Waals surface area contributed by atoms with Gasteiger partial charge in [-0.15, -0.1) is 0 Å². The van der Waals surface area contributed by atoms with Gasteiger partial charge in [0.15, 0.2) is 5.82 Å². The van der Waals surface area contributed by atoms with E-state index in [-0.39, 0.29) is 22.9 Å². The van der Waals surface area contributed by atoms with Gasteiger partial charge in [-0.05, 0) is 57.0 Å². The molecule has 10 heteroatoms. The Bertz CT molecular complexity index is 1030. The van der Waals surface area contributed by atoms with Crippen LogP contribution in [0.2, 0.25) is 5.02 Å². The van der Waals surface area contributed by atoms with Crippen LogP contribution in [0.25, 0.3) is 0 Å². The molecule has 5 rings (SSSR count). The Kier molecular flexibility index (Phi) is 5.77. The zero-order chi connectivity index (χ0) is 22.2. The molecule has 2 aliphatic heterocycles. The topological polar surface area (TPSA) is 82.5 Å². The van der Waals surface area contributed by atoms with E-state index < -0.39 is 5.82 Å². The summed E-state index contributed by atoms with van der Waals surface area (Å²) in [6, 6.07) is 6.34. The lowest BCUT2D eigenvalue weighted by atomic mass is 9.96. The third-order valence-corrected chi connectivity index (χ3v) is 6.76. The standard InChI is InChI=1S/C22H26ClFN6O2/c23-18-11-15(1-4-19(18)24)25-22(32)29-9-10-30-17(13-29)12-20(27-30)26-21(31)14-5-7-28(8-6-14)16-2-3-16/h1,4,11-12,14,16H,2-3,5-10,13H2,(H,25,32)(H,26,27,31). The molecular weight excluding hydrogens is 435 g/mol. The van der Waals surface area contributed by atoms with Gasteiger partial charge in [0.25, 0.3) is 0 Å². The van der Waals surface area contributed by atoms with Gasteiger partial charge in [0.2, 0.25) is 5.91 Å². The number of benzene rings is 1. The summed E-state index contributed by atoms with van der Waals surface area (Å²) in [4.78, 5) is 29.5. The number of piperidine rings is 1. The number of urea groups is 1. The van der Waals surface area contributed by atoms with Crippen molar-refractivity contribution in [2.24, 2.45) is 5.92 Å². The van der Waals surface area contributed by atoms with Crippen molar-refractivity contribution in [2.75, 3.05) is 30.3 Å². The Morgan fingerprint density at radius 2 is 1.81 bits per heavy atom. The summed E-state index contributed by atoms with van der Waals surface area (Å²) in [6.07, 6.45) is 4.36. The quantitative estimate of drug-likeness (QED) is 0.731. The first-order valence-electron chi connectivity index (χ1n) is 11.1. The summed E-state index contributed by atoms with van der Waals surface area (Å²) >= 11 is 5.79. The molecule has 1 saturated carbocycles. The van der Waals surface area contributed by atoms with E-state index in [0.717, 1.165) is 37.7 Å². The monoisotopic (exact) mass is 460 g/mol. The second-order valence-electron chi connectivity index (χ2n) is 8.76. The minimum Gasteiger partial charge on any atom is -0.317 e. The van der Waals surface area contributed by atoms with Crippen molar-refractivity contribution < 1.29 is 14.0 Å². The molecule has 0 spiro atoms. The van der Waals surface area contributed by atoms with E-state index in [0.29, 0.717) is 31.1 Å². The summed E-state index contributed by atoms with van der Waals surface area (Å²) in [5, 5.41) is 10.2. The van der Waals surface area contributed by atoms with Gasteiger partial charge in [-0.1, -0.05) is 11.6 Å². The smallest absolute Gasteiger partial charge is 0.317 e. The molecule has 32 heavy (non-hydrogen) atoms. The highest BCUT2D eigenvalue weighted by atomic mass is 35.5. The number of aromatic nitrogens is 2. The van der Waals surface area contributed by atoms with Gasteiger partial charge in [0, 0.05) is 30.3 Å². The van der Waals surface area contributed by atoms with Gasteiger partial charge in [-0.25, -0.2) is 9.18 Å². The van der Waals surface area contributed by atoms with Gasteiger partial charge in [-0.3, -0.25) is 9.48 Å². The van der Waals surface area contributed by atoms with Crippen LogP contribution in [0.4, 0.5) is 20.7 Å². The number of carbonyl (C=O) groups is 2. The minimum atomic E-state index is -0.533. The average Bonchev–Trinajstić information content (AvgIpc) is 3.56. The van der Waals surface area contributed by atoms with Crippen molar-refractivity contribution in [3.05, 3.63) is 40.8 Å². The van der Waals surface area contributed by atoms with E-state index in [9.17, 15) is 14.0 Å². The first-order valence-corrected chi connectivity index (χ1v) is 11.5. The zero-order valence-corrected chi connectivity index (χ0v) is 18.4. The molecule has 170 valence electrons. The van der Waals surface area contributed by atoms with Crippen LogP contribution < -0.4 is 10.6 Å². The number of likely N-dealkylation sites (tertiary alicyclic amines) is 1. The predicted octanol–water partition coefficient (Wildman–Crippen LogP) is 3.54. The Hall–Kier alpha value is -2.65. The maximum absolute atomic E-state index is 13.3. The van der Waals surface area contributed by atoms with Gasteiger partial charge < -0.3 is 20.4 Å². The SMILES string of the molecule is O=C(Nc1cc2n(n1)CCN(C(=O)Nc1ccc(F)c(Cl)c1)C2)C1CCN(C2CC2)CC1. The fourth-order valence-corrected chi connectivity index (χ4v) is 4.65. The third kappa shape index (κ3) is 4.59. The van der Waals surface area contributed by atoms with Crippen molar-refractivity contribution in [1.29, 1.82) is 0 Å². The molecule has 1 aromatic heterocycles. The minimum absolute atomic E-state index is 0.0218. The summed E-state index contributed by atoms with van der Waals surface area (Å²) in [5.74, 6) is 0.0454. The number of nitrogens with zero attached hydrogens (tertiary/aromatic N) is 4. The third-order valence-electron chi connectivity index (χ3n) is 6.47. The lowest BCUT2D eigenvalue weighted by Crippen LogP contribution is -2.40. The number of anilines is 2. The highest BCUT2D eigenvalue weighted by molar-refractivity contribution is 6.31. The molecule has 2 fully saturated rings. The second kappa shape index (κ2) is 8.71. The first kappa shape index (κ1) is 21.2. The highest BCUT2D eigenvalue weighted by Crippen LogP contribution is 2.31. The number of rotatable bonds is 4. The normalized spacial score (nSPS) is 19.5. The van der Waals surface area contributed by atoms with E-state index in [1.165, 1.54) is 31.0 Å². The molecule has 8 nitrogen and oxygen atoms in total. The van der Waals surface area contributed by atoms with Gasteiger partial charge in [0.1, 0.15) is 5.82 Å². The van der Waals surface area contributed by atoms with Crippen LogP contribution in [0, 0.1) is 11.7 Å². The number of carbonyl (C=O) groups excluding carboxylic acids is 2. The molecule has 0 unspecified atom stereocenters. The van der Waals surface area contributed by atoms with Crippen molar-refractivity contribution in [3.8, 4) is 0 Å². The number of amides is 3. The van der Waals surface area contributed by atoms with E-state index in [1.54, 1.807) is 4.90 Å². The summed E-state index contributed by atoms with van der Waals surface area (Å²) in [7, 11) is 0. The molecular formula is C22H26ClFN6O2. The lowest BCUT2D eigenvalue weighted by Gasteiger charge is -2.31. The van der Waals surface area contributed by atoms with Crippen LogP contribution in [0.3, 0.4) is 0 Å². The predicted molar refractivity (Wildman–Crippen MR) is 119 cm³/mol. The molecule has 1 saturated heterocycles. The Balaban J connectivity index is 1.16. The molecule has 3 amide bonds. The Labute approximate surface area is 190 Å². The fourth-order valence-electron chi connectivity index (χ4n) is 4.47. The number of fused-ring (bicyclic) bond motifs is 1. The van der Waals surface area contributed by atoms with E-state index in [4.69, 9.17) is 11.6 Å². The molecule has 3 heterocycles. The molecule has 2 aromatic rings. The molecule has 0 atom stereocenters. The van der Waals surface area contributed by atoms with Crippen molar-refractivity contribution in [2.45, 2.75) is 44.8 Å². The van der Waals surface area contributed by atoms with Crippen LogP contribution in [-0.4, -0.2) is 57.2 Å². The molecule has 3 aliphatic rings. The van der Waals surface area contributed by atoms with E-state index in [2.05, 4.69) is 20.6 Å². The zero-order valence-electron chi connectivity index (χ0n) is 17.7. The number of hydrogen-bond acceptors (Lipinski definition) is 4. The van der Waals surface area contributed by atoms with Crippen LogP contribution >= 0.6 is 11.6 Å². The molecule has 1 aromatic carbocycles. The first-order chi connectivity index (χ1) is 15.5. The molecule has 0 bridgehead atoms. The Morgan fingerprint density at radius 1 is 1.03 bits per heavy atom. The molecule has 1 aliphatic carbocycles. The van der Waals surface area contributed by atoms with E-state index in [1.807, 2.05) is 10.7 Å². The molecule has 0 radical (unpaired) electrons.